The van der Waals surface area contributed by atoms with Crippen molar-refractivity contribution in [3.63, 3.8) is 0 Å². The summed E-state index contributed by atoms with van der Waals surface area (Å²) in [6, 6.07) is 17.1. The normalized spacial score (nSPS) is 15.8. The van der Waals surface area contributed by atoms with Crippen molar-refractivity contribution < 1.29 is 9.29 Å². The van der Waals surface area contributed by atoms with Gasteiger partial charge in [-0.2, -0.15) is 0 Å². The number of hydrogen-bond donors (Lipinski definition) is 1. The Morgan fingerprint density at radius 2 is 1.64 bits per heavy atom. The van der Waals surface area contributed by atoms with Crippen molar-refractivity contribution in [1.82, 2.24) is 4.90 Å². The van der Waals surface area contributed by atoms with Gasteiger partial charge in [-0.15, -0.1) is 0 Å². The van der Waals surface area contributed by atoms with E-state index >= 15 is 0 Å². The van der Waals surface area contributed by atoms with Crippen molar-refractivity contribution in [3.8, 4) is 0 Å². The van der Waals surface area contributed by atoms with Crippen molar-refractivity contribution in [2.75, 3.05) is 26.2 Å². The van der Waals surface area contributed by atoms with E-state index in [1.807, 2.05) is 0 Å². The molecule has 0 aromatic heterocycles. The molecule has 1 heterocycles. The quantitative estimate of drug-likeness (QED) is 0.865. The van der Waals surface area contributed by atoms with Gasteiger partial charge in [0.2, 0.25) is 0 Å². The van der Waals surface area contributed by atoms with Crippen LogP contribution in [0.1, 0.15) is 11.1 Å². The number of quaternary nitrogens is 1. The summed E-state index contributed by atoms with van der Waals surface area (Å²) in [5.41, 5.74) is 2.31. The molecule has 2 nitrogen and oxygen atoms in total. The van der Waals surface area contributed by atoms with Gasteiger partial charge in [-0.1, -0.05) is 42.5 Å². The third-order valence-electron chi connectivity index (χ3n) is 4.15. The first-order valence-corrected chi connectivity index (χ1v) is 8.05. The topological polar surface area (TPSA) is 7.68 Å². The van der Waals surface area contributed by atoms with E-state index in [0.29, 0.717) is 0 Å². The molecule has 2 aromatic carbocycles. The van der Waals surface area contributed by atoms with Crippen LogP contribution in [0.3, 0.4) is 0 Å². The summed E-state index contributed by atoms with van der Waals surface area (Å²) in [6.45, 7) is 5.14. The van der Waals surface area contributed by atoms with E-state index in [1.54, 1.807) is 17.0 Å². The van der Waals surface area contributed by atoms with E-state index in [4.69, 9.17) is 12.2 Å². The summed E-state index contributed by atoms with van der Waals surface area (Å²) in [4.78, 5) is 4.65. The van der Waals surface area contributed by atoms with Crippen molar-refractivity contribution >= 4 is 17.2 Å². The molecule has 1 saturated heterocycles. The lowest BCUT2D eigenvalue weighted by molar-refractivity contribution is -0.917. The van der Waals surface area contributed by atoms with Gasteiger partial charge in [0, 0.05) is 11.1 Å². The average molecular weight is 315 g/mol. The predicted octanol–water partition coefficient (Wildman–Crippen LogP) is 1.90. The molecule has 0 radical (unpaired) electrons. The lowest BCUT2D eigenvalue weighted by atomic mass is 10.1. The minimum Gasteiger partial charge on any atom is -0.351 e. The molecular weight excluding hydrogens is 295 g/mol. The molecule has 0 amide bonds. The molecule has 0 saturated carbocycles. The Hall–Kier alpha value is -1.78. The van der Waals surface area contributed by atoms with E-state index in [9.17, 15) is 4.39 Å². The van der Waals surface area contributed by atoms with Gasteiger partial charge in [0.15, 0.2) is 0 Å². The number of rotatable bonds is 3. The van der Waals surface area contributed by atoms with Crippen LogP contribution in [0.2, 0.25) is 0 Å². The predicted molar refractivity (Wildman–Crippen MR) is 90.5 cm³/mol. The van der Waals surface area contributed by atoms with Crippen molar-refractivity contribution in [2.24, 2.45) is 0 Å². The number of thiocarbonyl (C=S) groups is 1. The largest absolute Gasteiger partial charge is 0.351 e. The molecule has 22 heavy (non-hydrogen) atoms. The molecule has 0 atom stereocenters. The molecule has 0 aliphatic carbocycles. The molecule has 4 heteroatoms. The second-order valence-corrected chi connectivity index (χ2v) is 6.10. The van der Waals surface area contributed by atoms with Crippen LogP contribution in [-0.4, -0.2) is 36.1 Å². The van der Waals surface area contributed by atoms with Crippen LogP contribution in [0.5, 0.6) is 0 Å². The van der Waals surface area contributed by atoms with E-state index in [-0.39, 0.29) is 5.82 Å². The highest BCUT2D eigenvalue weighted by molar-refractivity contribution is 7.80. The van der Waals surface area contributed by atoms with E-state index < -0.39 is 0 Å². The van der Waals surface area contributed by atoms with Gasteiger partial charge in [-0.05, 0) is 24.3 Å². The number of hydrogen-bond acceptors (Lipinski definition) is 1. The minimum atomic E-state index is -0.219. The van der Waals surface area contributed by atoms with Crippen LogP contribution in [0, 0.1) is 5.82 Å². The van der Waals surface area contributed by atoms with Gasteiger partial charge in [0.1, 0.15) is 17.4 Å². The van der Waals surface area contributed by atoms with Crippen LogP contribution in [-0.2, 0) is 6.54 Å². The molecular formula is C18H20FN2S+. The van der Waals surface area contributed by atoms with Gasteiger partial charge in [-0.25, -0.2) is 4.39 Å². The summed E-state index contributed by atoms with van der Waals surface area (Å²) >= 11 is 5.55. The van der Waals surface area contributed by atoms with E-state index in [0.717, 1.165) is 43.3 Å². The maximum atomic E-state index is 13.0. The Morgan fingerprint density at radius 1 is 1.00 bits per heavy atom. The summed E-state index contributed by atoms with van der Waals surface area (Å²) in [7, 11) is 0. The summed E-state index contributed by atoms with van der Waals surface area (Å²) in [5, 5.41) is 0. The second-order valence-electron chi connectivity index (χ2n) is 5.71. The molecule has 2 aromatic rings. The first kappa shape index (κ1) is 15.1. The minimum absolute atomic E-state index is 0.219. The Bertz CT molecular complexity index is 619. The zero-order valence-electron chi connectivity index (χ0n) is 12.5. The highest BCUT2D eigenvalue weighted by atomic mass is 32.1. The van der Waals surface area contributed by atoms with E-state index in [1.165, 1.54) is 17.7 Å². The Kier molecular flexibility index (Phi) is 4.80. The number of nitrogens with one attached hydrogen (secondary N) is 1. The van der Waals surface area contributed by atoms with Gasteiger partial charge in [0.05, 0.1) is 26.2 Å². The fourth-order valence-corrected chi connectivity index (χ4v) is 3.18. The molecule has 3 rings (SSSR count). The van der Waals surface area contributed by atoms with Crippen LogP contribution in [0.4, 0.5) is 4.39 Å². The fraction of sp³-hybridized carbons (Fsp3) is 0.278. The van der Waals surface area contributed by atoms with E-state index in [2.05, 4.69) is 35.2 Å². The first-order valence-electron chi connectivity index (χ1n) is 7.65. The summed E-state index contributed by atoms with van der Waals surface area (Å²) in [5.74, 6) is -0.219. The molecule has 1 aliphatic heterocycles. The molecule has 1 N–H and O–H groups in total. The van der Waals surface area contributed by atoms with Crippen LogP contribution < -0.4 is 4.90 Å². The first-order chi connectivity index (χ1) is 10.7. The maximum Gasteiger partial charge on any atom is 0.123 e. The Labute approximate surface area is 136 Å². The highest BCUT2D eigenvalue weighted by Gasteiger charge is 2.22. The Morgan fingerprint density at radius 3 is 2.27 bits per heavy atom. The number of nitrogens with zero attached hydrogens (tertiary/aromatic N) is 1. The monoisotopic (exact) mass is 315 g/mol. The highest BCUT2D eigenvalue weighted by Crippen LogP contribution is 2.08. The third-order valence-corrected chi connectivity index (χ3v) is 4.64. The van der Waals surface area contributed by atoms with Crippen molar-refractivity contribution in [1.29, 1.82) is 0 Å². The lowest BCUT2D eigenvalue weighted by Crippen LogP contribution is -3.13. The Balaban J connectivity index is 1.55. The molecule has 0 spiro atoms. The maximum absolute atomic E-state index is 13.0. The molecule has 0 bridgehead atoms. The number of halogens is 1. The standard InChI is InChI=1S/C18H19FN2S/c19-17-8-6-16(7-9-17)18(22)21-12-10-20(11-13-21)14-15-4-2-1-3-5-15/h1-9H,10-14H2/p+1. The summed E-state index contributed by atoms with van der Waals surface area (Å²) in [6.07, 6.45) is 0. The van der Waals surface area contributed by atoms with Gasteiger partial charge >= 0.3 is 0 Å². The fourth-order valence-electron chi connectivity index (χ4n) is 2.86. The molecule has 0 unspecified atom stereocenters. The third kappa shape index (κ3) is 3.70. The van der Waals surface area contributed by atoms with Gasteiger partial charge in [0.25, 0.3) is 0 Å². The smallest absolute Gasteiger partial charge is 0.123 e. The summed E-state index contributed by atoms with van der Waals surface area (Å²) < 4.78 is 13.0. The van der Waals surface area contributed by atoms with Crippen LogP contribution in [0.25, 0.3) is 0 Å². The number of piperazine rings is 1. The van der Waals surface area contributed by atoms with Crippen LogP contribution in [0.15, 0.2) is 54.6 Å². The van der Waals surface area contributed by atoms with Crippen molar-refractivity contribution in [3.05, 3.63) is 71.5 Å². The molecule has 1 aliphatic rings. The second kappa shape index (κ2) is 6.99. The van der Waals surface area contributed by atoms with Gasteiger partial charge < -0.3 is 9.80 Å². The molecule has 114 valence electrons. The van der Waals surface area contributed by atoms with Crippen molar-refractivity contribution in [2.45, 2.75) is 6.54 Å². The average Bonchev–Trinajstić information content (AvgIpc) is 2.57. The van der Waals surface area contributed by atoms with Crippen LogP contribution >= 0.6 is 12.2 Å². The SMILES string of the molecule is Fc1ccc(C(=S)N2CC[NH+](Cc3ccccc3)CC2)cc1. The molecule has 1 fully saturated rings. The lowest BCUT2D eigenvalue weighted by Gasteiger charge is -2.34. The zero-order valence-corrected chi connectivity index (χ0v) is 13.3. The zero-order chi connectivity index (χ0) is 15.4. The number of benzene rings is 2. The van der Waals surface area contributed by atoms with Gasteiger partial charge in [-0.3, -0.25) is 0 Å².